The first-order chi connectivity index (χ1) is 6.75. The van der Waals surface area contributed by atoms with Crippen LogP contribution in [0.3, 0.4) is 0 Å². The first-order valence-corrected chi connectivity index (χ1v) is 5.24. The van der Waals surface area contributed by atoms with Gasteiger partial charge in [0.25, 0.3) is 0 Å². The van der Waals surface area contributed by atoms with Crippen molar-refractivity contribution in [1.82, 2.24) is 9.97 Å². The summed E-state index contributed by atoms with van der Waals surface area (Å²) in [4.78, 5) is 8.44. The molecule has 0 fully saturated rings. The summed E-state index contributed by atoms with van der Waals surface area (Å²) in [5.41, 5.74) is 2.62. The number of nitrogens with zero attached hydrogens (tertiary/aromatic N) is 2. The van der Waals surface area contributed by atoms with Gasteiger partial charge in [-0.05, 0) is 37.7 Å². The van der Waals surface area contributed by atoms with Gasteiger partial charge in [0.05, 0.1) is 0 Å². The minimum Gasteiger partial charge on any atom is -0.241 e. The zero-order valence-electron chi connectivity index (χ0n) is 8.83. The molecule has 0 amide bonds. The van der Waals surface area contributed by atoms with Crippen LogP contribution in [-0.4, -0.2) is 9.97 Å². The van der Waals surface area contributed by atoms with Crippen LogP contribution in [0.5, 0.6) is 0 Å². The molecule has 1 heterocycles. The molecule has 2 heteroatoms. The van der Waals surface area contributed by atoms with Gasteiger partial charge >= 0.3 is 0 Å². The Morgan fingerprint density at radius 2 is 2.00 bits per heavy atom. The van der Waals surface area contributed by atoms with E-state index in [4.69, 9.17) is 0 Å². The van der Waals surface area contributed by atoms with Crippen LogP contribution < -0.4 is 0 Å². The molecule has 2 rings (SSSR count). The largest absolute Gasteiger partial charge is 0.241 e. The van der Waals surface area contributed by atoms with E-state index in [-0.39, 0.29) is 0 Å². The van der Waals surface area contributed by atoms with Gasteiger partial charge in [0, 0.05) is 18.0 Å². The minimum atomic E-state index is 0.838. The van der Waals surface area contributed by atoms with Crippen LogP contribution in [-0.2, 0) is 0 Å². The minimum absolute atomic E-state index is 0.838. The number of hydrogen-bond acceptors (Lipinski definition) is 2. The molecule has 1 unspecified atom stereocenters. The van der Waals surface area contributed by atoms with Crippen LogP contribution >= 0.6 is 0 Å². The zero-order chi connectivity index (χ0) is 9.97. The smallest absolute Gasteiger partial charge is 0.125 e. The molecule has 0 saturated carbocycles. The molecule has 0 spiro atoms. The molecule has 74 valence electrons. The third-order valence-corrected chi connectivity index (χ3v) is 2.82. The Kier molecular flexibility index (Phi) is 2.62. The zero-order valence-corrected chi connectivity index (χ0v) is 8.83. The molecule has 1 aliphatic rings. The molecule has 0 bridgehead atoms. The molecule has 0 aliphatic heterocycles. The average molecular weight is 188 g/mol. The Balaban J connectivity index is 2.19. The monoisotopic (exact) mass is 188 g/mol. The summed E-state index contributed by atoms with van der Waals surface area (Å²) in [6.07, 6.45) is 9.87. The molecule has 0 N–H and O–H groups in total. The first-order valence-electron chi connectivity index (χ1n) is 5.24. The Morgan fingerprint density at radius 3 is 2.57 bits per heavy atom. The molecule has 0 radical (unpaired) electrons. The maximum absolute atomic E-state index is 4.22. The Labute approximate surface area is 85.1 Å². The molecule has 0 aromatic carbocycles. The third kappa shape index (κ3) is 2.00. The van der Waals surface area contributed by atoms with Gasteiger partial charge in [-0.1, -0.05) is 13.0 Å². The van der Waals surface area contributed by atoms with Crippen LogP contribution in [0.1, 0.15) is 37.6 Å². The highest BCUT2D eigenvalue weighted by atomic mass is 14.8. The van der Waals surface area contributed by atoms with Crippen molar-refractivity contribution in [2.45, 2.75) is 33.1 Å². The average Bonchev–Trinajstić information content (AvgIpc) is 2.21. The van der Waals surface area contributed by atoms with E-state index in [2.05, 4.69) is 23.0 Å². The molecular formula is C12H16N2. The van der Waals surface area contributed by atoms with Crippen LogP contribution in [0.25, 0.3) is 5.57 Å². The van der Waals surface area contributed by atoms with E-state index in [1.165, 1.54) is 30.4 Å². The van der Waals surface area contributed by atoms with Gasteiger partial charge in [0.2, 0.25) is 0 Å². The molecule has 1 aromatic heterocycles. The van der Waals surface area contributed by atoms with Gasteiger partial charge in [-0.25, -0.2) is 9.97 Å². The van der Waals surface area contributed by atoms with Crippen LogP contribution in [0.4, 0.5) is 0 Å². The summed E-state index contributed by atoms with van der Waals surface area (Å²) >= 11 is 0. The number of aromatic nitrogens is 2. The lowest BCUT2D eigenvalue weighted by molar-refractivity contribution is 0.533. The van der Waals surface area contributed by atoms with Crippen molar-refractivity contribution in [3.63, 3.8) is 0 Å². The Morgan fingerprint density at radius 1 is 1.29 bits per heavy atom. The van der Waals surface area contributed by atoms with E-state index < -0.39 is 0 Å². The van der Waals surface area contributed by atoms with Crippen molar-refractivity contribution >= 4 is 5.57 Å². The Bertz CT molecular complexity index is 338. The summed E-state index contributed by atoms with van der Waals surface area (Å²) in [6.45, 7) is 4.22. The predicted octanol–water partition coefficient (Wildman–Crippen LogP) is 2.99. The highest BCUT2D eigenvalue weighted by molar-refractivity contribution is 5.64. The van der Waals surface area contributed by atoms with Gasteiger partial charge in [-0.2, -0.15) is 0 Å². The SMILES string of the molecule is Cc1ncc(C2=CCC(C)CC2)cn1. The fourth-order valence-electron chi connectivity index (χ4n) is 1.79. The lowest BCUT2D eigenvalue weighted by atomic mass is 9.89. The summed E-state index contributed by atoms with van der Waals surface area (Å²) in [6, 6.07) is 0. The maximum atomic E-state index is 4.22. The van der Waals surface area contributed by atoms with E-state index in [0.717, 1.165) is 11.7 Å². The molecule has 1 aliphatic carbocycles. The predicted molar refractivity (Wildman–Crippen MR) is 57.8 cm³/mol. The summed E-state index contributed by atoms with van der Waals surface area (Å²) in [5.74, 6) is 1.68. The quantitative estimate of drug-likeness (QED) is 0.677. The standard InChI is InChI=1S/C12H16N2/c1-9-3-5-11(6-4-9)12-7-13-10(2)14-8-12/h5,7-9H,3-4,6H2,1-2H3. The molecular weight excluding hydrogens is 172 g/mol. The Hall–Kier alpha value is -1.18. The third-order valence-electron chi connectivity index (χ3n) is 2.82. The van der Waals surface area contributed by atoms with Crippen molar-refractivity contribution in [1.29, 1.82) is 0 Å². The lowest BCUT2D eigenvalue weighted by Crippen LogP contribution is -2.01. The van der Waals surface area contributed by atoms with Crippen LogP contribution in [0, 0.1) is 12.8 Å². The summed E-state index contributed by atoms with van der Waals surface area (Å²) < 4.78 is 0. The van der Waals surface area contributed by atoms with Gasteiger partial charge < -0.3 is 0 Å². The molecule has 14 heavy (non-hydrogen) atoms. The molecule has 2 nitrogen and oxygen atoms in total. The molecule has 1 aromatic rings. The van der Waals surface area contributed by atoms with Gasteiger partial charge in [-0.3, -0.25) is 0 Å². The second-order valence-corrected chi connectivity index (χ2v) is 4.13. The summed E-state index contributed by atoms with van der Waals surface area (Å²) in [7, 11) is 0. The fourth-order valence-corrected chi connectivity index (χ4v) is 1.79. The van der Waals surface area contributed by atoms with Gasteiger partial charge in [0.15, 0.2) is 0 Å². The molecule has 1 atom stereocenters. The van der Waals surface area contributed by atoms with E-state index in [0.29, 0.717) is 0 Å². The van der Waals surface area contributed by atoms with Crippen molar-refractivity contribution in [2.24, 2.45) is 5.92 Å². The van der Waals surface area contributed by atoms with E-state index >= 15 is 0 Å². The number of allylic oxidation sites excluding steroid dienone is 2. The van der Waals surface area contributed by atoms with Crippen molar-refractivity contribution < 1.29 is 0 Å². The van der Waals surface area contributed by atoms with Crippen molar-refractivity contribution in [3.05, 3.63) is 29.9 Å². The van der Waals surface area contributed by atoms with E-state index in [1.807, 2.05) is 19.3 Å². The summed E-state index contributed by atoms with van der Waals surface area (Å²) in [5, 5.41) is 0. The highest BCUT2D eigenvalue weighted by Gasteiger charge is 2.11. The van der Waals surface area contributed by atoms with Crippen molar-refractivity contribution in [2.75, 3.05) is 0 Å². The van der Waals surface area contributed by atoms with E-state index in [1.54, 1.807) is 0 Å². The maximum Gasteiger partial charge on any atom is 0.125 e. The van der Waals surface area contributed by atoms with Gasteiger partial charge in [0.1, 0.15) is 5.82 Å². The van der Waals surface area contributed by atoms with E-state index in [9.17, 15) is 0 Å². The van der Waals surface area contributed by atoms with Crippen LogP contribution in [0.2, 0.25) is 0 Å². The second kappa shape index (κ2) is 3.91. The normalized spacial score (nSPS) is 21.9. The lowest BCUT2D eigenvalue weighted by Gasteiger charge is -2.17. The second-order valence-electron chi connectivity index (χ2n) is 4.13. The van der Waals surface area contributed by atoms with Crippen molar-refractivity contribution in [3.8, 4) is 0 Å². The topological polar surface area (TPSA) is 25.8 Å². The first kappa shape index (κ1) is 9.38. The van der Waals surface area contributed by atoms with Crippen LogP contribution in [0.15, 0.2) is 18.5 Å². The molecule has 0 saturated heterocycles. The number of aryl methyl sites for hydroxylation is 1. The number of rotatable bonds is 1. The highest BCUT2D eigenvalue weighted by Crippen LogP contribution is 2.28. The number of hydrogen-bond donors (Lipinski definition) is 0. The fraction of sp³-hybridized carbons (Fsp3) is 0.500. The van der Waals surface area contributed by atoms with Gasteiger partial charge in [-0.15, -0.1) is 0 Å².